The molecule has 0 saturated heterocycles. The van der Waals surface area contributed by atoms with Crippen LogP contribution in [0.4, 0.5) is 0 Å². The van der Waals surface area contributed by atoms with E-state index in [4.69, 9.17) is 23.2 Å². The maximum absolute atomic E-state index is 12.5. The minimum atomic E-state index is -0.200. The van der Waals surface area contributed by atoms with Crippen LogP contribution in [-0.2, 0) is 5.75 Å². The van der Waals surface area contributed by atoms with Gasteiger partial charge in [-0.3, -0.25) is 9.36 Å². The molecular weight excluding hydrogens is 477 g/mol. The highest BCUT2D eigenvalue weighted by Crippen LogP contribution is 2.30. The molecule has 33 heavy (non-hydrogen) atoms. The largest absolute Gasteiger partial charge is 0.309 e. The van der Waals surface area contributed by atoms with Crippen LogP contribution in [0.25, 0.3) is 28.0 Å². The minimum absolute atomic E-state index is 0.200. The van der Waals surface area contributed by atoms with Crippen molar-refractivity contribution in [3.8, 4) is 17.1 Å². The second kappa shape index (κ2) is 9.02. The Morgan fingerprint density at radius 3 is 2.42 bits per heavy atom. The third-order valence-corrected chi connectivity index (χ3v) is 6.51. The van der Waals surface area contributed by atoms with E-state index in [0.29, 0.717) is 43.5 Å². The highest BCUT2D eigenvalue weighted by Gasteiger charge is 2.17. The third-order valence-electron chi connectivity index (χ3n) is 5.08. The molecule has 9 heteroatoms. The molecule has 0 bridgehead atoms. The lowest BCUT2D eigenvalue weighted by Gasteiger charge is -2.11. The molecule has 164 valence electrons. The van der Waals surface area contributed by atoms with Crippen LogP contribution in [0.5, 0.6) is 0 Å². The molecule has 0 radical (unpaired) electrons. The fraction of sp³-hybridized carbons (Fsp3) is 0.0833. The van der Waals surface area contributed by atoms with Crippen molar-refractivity contribution in [2.75, 3.05) is 0 Å². The number of aromatic amines is 1. The molecule has 2 aromatic heterocycles. The Hall–Kier alpha value is -3.13. The number of thioether (sulfide) groups is 1. The maximum Gasteiger partial charge on any atom is 0.258 e. The van der Waals surface area contributed by atoms with E-state index >= 15 is 0 Å². The van der Waals surface area contributed by atoms with E-state index in [1.807, 2.05) is 60.0 Å². The molecule has 0 aliphatic carbocycles. The second-order valence-electron chi connectivity index (χ2n) is 7.45. The van der Waals surface area contributed by atoms with E-state index in [0.717, 1.165) is 16.8 Å². The lowest BCUT2D eigenvalue weighted by atomic mass is 10.2. The summed E-state index contributed by atoms with van der Waals surface area (Å²) in [5.74, 6) is 1.64. The summed E-state index contributed by atoms with van der Waals surface area (Å²) in [6.45, 7) is 2.04. The van der Waals surface area contributed by atoms with E-state index in [9.17, 15) is 4.79 Å². The Morgan fingerprint density at radius 2 is 1.67 bits per heavy atom. The maximum atomic E-state index is 12.5. The number of hydrogen-bond acceptors (Lipinski definition) is 5. The van der Waals surface area contributed by atoms with Gasteiger partial charge in [-0.05, 0) is 61.5 Å². The standard InChI is InChI=1S/C24H17Cl2N5OS/c1-14-2-9-18(10-3-14)31-22(15-4-6-16(25)7-5-15)29-30-24(31)33-13-21-27-20-12-17(26)8-11-19(20)23(32)28-21/h2-12H,13H2,1H3,(H,27,28,32). The van der Waals surface area contributed by atoms with Gasteiger partial charge >= 0.3 is 0 Å². The zero-order chi connectivity index (χ0) is 22.9. The van der Waals surface area contributed by atoms with Crippen LogP contribution in [0.3, 0.4) is 0 Å². The first-order chi connectivity index (χ1) is 16.0. The molecule has 0 aliphatic rings. The number of benzene rings is 3. The van der Waals surface area contributed by atoms with Crippen molar-refractivity contribution in [3.05, 3.63) is 98.5 Å². The zero-order valence-corrected chi connectivity index (χ0v) is 19.7. The molecular formula is C24H17Cl2N5OS. The number of nitrogens with zero attached hydrogens (tertiary/aromatic N) is 4. The molecule has 0 saturated carbocycles. The van der Waals surface area contributed by atoms with Crippen LogP contribution < -0.4 is 5.56 Å². The molecule has 0 fully saturated rings. The van der Waals surface area contributed by atoms with Crippen molar-refractivity contribution < 1.29 is 0 Å². The SMILES string of the molecule is Cc1ccc(-n2c(SCc3nc4cc(Cl)ccc4c(=O)[nH]3)nnc2-c2ccc(Cl)cc2)cc1. The van der Waals surface area contributed by atoms with Crippen molar-refractivity contribution in [2.24, 2.45) is 0 Å². The van der Waals surface area contributed by atoms with Crippen molar-refractivity contribution in [2.45, 2.75) is 17.8 Å². The van der Waals surface area contributed by atoms with Crippen LogP contribution in [-0.4, -0.2) is 24.7 Å². The van der Waals surface area contributed by atoms with Gasteiger partial charge in [-0.15, -0.1) is 10.2 Å². The van der Waals surface area contributed by atoms with Gasteiger partial charge in [0, 0.05) is 21.3 Å². The van der Waals surface area contributed by atoms with Gasteiger partial charge in [0.1, 0.15) is 5.82 Å². The van der Waals surface area contributed by atoms with Crippen molar-refractivity contribution in [1.82, 2.24) is 24.7 Å². The highest BCUT2D eigenvalue weighted by atomic mass is 35.5. The summed E-state index contributed by atoms with van der Waals surface area (Å²) in [5.41, 5.74) is 3.35. The topological polar surface area (TPSA) is 76.5 Å². The number of fused-ring (bicyclic) bond motifs is 1. The molecule has 0 spiro atoms. The molecule has 0 aliphatic heterocycles. The average Bonchev–Trinajstić information content (AvgIpc) is 3.22. The van der Waals surface area contributed by atoms with E-state index in [2.05, 4.69) is 20.2 Å². The Kier molecular flexibility index (Phi) is 5.93. The monoisotopic (exact) mass is 493 g/mol. The summed E-state index contributed by atoms with van der Waals surface area (Å²) in [6.07, 6.45) is 0. The molecule has 0 amide bonds. The van der Waals surface area contributed by atoms with Gasteiger partial charge in [-0.1, -0.05) is 52.7 Å². The first-order valence-electron chi connectivity index (χ1n) is 10.1. The van der Waals surface area contributed by atoms with Crippen molar-refractivity contribution >= 4 is 45.9 Å². The zero-order valence-electron chi connectivity index (χ0n) is 17.4. The number of hydrogen-bond donors (Lipinski definition) is 1. The predicted molar refractivity (Wildman–Crippen MR) is 133 cm³/mol. The molecule has 0 atom stereocenters. The van der Waals surface area contributed by atoms with E-state index in [1.54, 1.807) is 18.2 Å². The molecule has 1 N–H and O–H groups in total. The first kappa shape index (κ1) is 21.7. The molecule has 3 aromatic carbocycles. The summed E-state index contributed by atoms with van der Waals surface area (Å²) >= 11 is 13.6. The summed E-state index contributed by atoms with van der Waals surface area (Å²) < 4.78 is 1.99. The average molecular weight is 494 g/mol. The van der Waals surface area contributed by atoms with Crippen LogP contribution in [0, 0.1) is 6.92 Å². The summed E-state index contributed by atoms with van der Waals surface area (Å²) in [7, 11) is 0. The summed E-state index contributed by atoms with van der Waals surface area (Å²) in [4.78, 5) is 19.9. The van der Waals surface area contributed by atoms with E-state index in [-0.39, 0.29) is 5.56 Å². The second-order valence-corrected chi connectivity index (χ2v) is 9.26. The quantitative estimate of drug-likeness (QED) is 0.300. The Labute approximate surface area is 203 Å². The number of halogens is 2. The van der Waals surface area contributed by atoms with Crippen LogP contribution >= 0.6 is 35.0 Å². The third kappa shape index (κ3) is 4.53. The lowest BCUT2D eigenvalue weighted by Crippen LogP contribution is -2.11. The van der Waals surface area contributed by atoms with Crippen molar-refractivity contribution in [1.29, 1.82) is 0 Å². The Balaban J connectivity index is 1.53. The van der Waals surface area contributed by atoms with Crippen LogP contribution in [0.15, 0.2) is 76.7 Å². The van der Waals surface area contributed by atoms with Crippen molar-refractivity contribution in [3.63, 3.8) is 0 Å². The number of nitrogens with one attached hydrogen (secondary N) is 1. The molecule has 5 rings (SSSR count). The van der Waals surface area contributed by atoms with Gasteiger partial charge in [0.15, 0.2) is 11.0 Å². The highest BCUT2D eigenvalue weighted by molar-refractivity contribution is 7.98. The molecule has 2 heterocycles. The van der Waals surface area contributed by atoms with Gasteiger partial charge in [0.2, 0.25) is 0 Å². The smallest absolute Gasteiger partial charge is 0.258 e. The van der Waals surface area contributed by atoms with Gasteiger partial charge in [-0.25, -0.2) is 4.98 Å². The van der Waals surface area contributed by atoms with E-state index < -0.39 is 0 Å². The fourth-order valence-electron chi connectivity index (χ4n) is 3.44. The van der Waals surface area contributed by atoms with Gasteiger partial charge in [0.25, 0.3) is 5.56 Å². The summed E-state index contributed by atoms with van der Waals surface area (Å²) in [6, 6.07) is 20.7. The van der Waals surface area contributed by atoms with Crippen LogP contribution in [0.1, 0.15) is 11.4 Å². The fourth-order valence-corrected chi connectivity index (χ4v) is 4.55. The van der Waals surface area contributed by atoms with E-state index in [1.165, 1.54) is 11.8 Å². The van der Waals surface area contributed by atoms with Gasteiger partial charge < -0.3 is 4.98 Å². The normalized spacial score (nSPS) is 11.2. The first-order valence-corrected chi connectivity index (χ1v) is 11.8. The number of aryl methyl sites for hydroxylation is 1. The summed E-state index contributed by atoms with van der Waals surface area (Å²) in [5, 5.41) is 11.2. The molecule has 5 aromatic rings. The molecule has 0 unspecified atom stereocenters. The number of aromatic nitrogens is 5. The number of rotatable bonds is 5. The Bertz CT molecular complexity index is 1510. The number of H-pyrrole nitrogens is 1. The predicted octanol–water partition coefficient (Wildman–Crippen LogP) is 6.08. The minimum Gasteiger partial charge on any atom is -0.309 e. The Morgan fingerprint density at radius 1 is 0.939 bits per heavy atom. The van der Waals surface area contributed by atoms with Gasteiger partial charge in [-0.2, -0.15) is 0 Å². The van der Waals surface area contributed by atoms with Gasteiger partial charge in [0.05, 0.1) is 16.7 Å². The van der Waals surface area contributed by atoms with Crippen LogP contribution in [0.2, 0.25) is 10.0 Å². The molecule has 6 nitrogen and oxygen atoms in total. The lowest BCUT2D eigenvalue weighted by molar-refractivity contribution is 0.883.